The van der Waals surface area contributed by atoms with Gasteiger partial charge in [0.25, 0.3) is 0 Å². The van der Waals surface area contributed by atoms with Crippen molar-refractivity contribution in [1.82, 2.24) is 5.43 Å². The maximum Gasteiger partial charge on any atom is 0.332 e. The van der Waals surface area contributed by atoms with Gasteiger partial charge in [-0.3, -0.25) is 0 Å². The summed E-state index contributed by atoms with van der Waals surface area (Å²) in [5, 5.41) is 3.72. The molecule has 2 rings (SSSR count). The fourth-order valence-corrected chi connectivity index (χ4v) is 1.84. The van der Waals surface area contributed by atoms with Crippen LogP contribution in [0.3, 0.4) is 0 Å². The van der Waals surface area contributed by atoms with Crippen LogP contribution < -0.4 is 11.2 Å². The number of amides is 2. The van der Waals surface area contributed by atoms with Gasteiger partial charge in [-0.15, -0.1) is 0 Å². The van der Waals surface area contributed by atoms with Gasteiger partial charge in [0.15, 0.2) is 0 Å². The lowest BCUT2D eigenvalue weighted by atomic mass is 10.1. The molecule has 0 spiro atoms. The van der Waals surface area contributed by atoms with E-state index in [4.69, 9.17) is 5.73 Å². The summed E-state index contributed by atoms with van der Waals surface area (Å²) in [6.45, 7) is 0. The molecule has 0 aliphatic heterocycles. The highest BCUT2D eigenvalue weighted by atomic mass is 16.2. The summed E-state index contributed by atoms with van der Waals surface area (Å²) in [7, 11) is 0. The van der Waals surface area contributed by atoms with Crippen LogP contribution in [0.4, 0.5) is 4.79 Å². The van der Waals surface area contributed by atoms with Crippen LogP contribution in [0.25, 0.3) is 0 Å². The van der Waals surface area contributed by atoms with E-state index in [1.54, 1.807) is 6.21 Å². The number of hydrazone groups is 1. The van der Waals surface area contributed by atoms with Crippen molar-refractivity contribution < 1.29 is 4.79 Å². The normalized spacial score (nSPS) is 14.1. The Morgan fingerprint density at radius 3 is 3.00 bits per heavy atom. The molecule has 0 saturated heterocycles. The average Bonchev–Trinajstić information content (AvgIpc) is 2.64. The number of carbonyl (C=O) groups is 1. The summed E-state index contributed by atoms with van der Waals surface area (Å²) in [6, 6.07) is 5.58. The number of urea groups is 1. The standard InChI is InChI=1S/C11H13N3O/c12-11(15)14-13-7-8-4-5-9-2-1-3-10(9)6-8/h4-7H,1-3H2,(H3,12,14,15). The van der Waals surface area contributed by atoms with E-state index in [0.29, 0.717) is 0 Å². The molecule has 1 aliphatic carbocycles. The van der Waals surface area contributed by atoms with E-state index in [1.165, 1.54) is 24.0 Å². The molecule has 3 N–H and O–H groups in total. The number of fused-ring (bicyclic) bond motifs is 1. The maximum absolute atomic E-state index is 10.4. The second-order valence-corrected chi connectivity index (χ2v) is 3.62. The molecule has 15 heavy (non-hydrogen) atoms. The quantitative estimate of drug-likeness (QED) is 0.550. The number of carbonyl (C=O) groups excluding carboxylic acids is 1. The van der Waals surface area contributed by atoms with Gasteiger partial charge < -0.3 is 5.73 Å². The molecule has 0 saturated carbocycles. The Kier molecular flexibility index (Phi) is 2.67. The summed E-state index contributed by atoms with van der Waals surface area (Å²) in [5.41, 5.74) is 10.9. The van der Waals surface area contributed by atoms with Crippen LogP contribution >= 0.6 is 0 Å². The first-order valence-electron chi connectivity index (χ1n) is 4.96. The largest absolute Gasteiger partial charge is 0.350 e. The summed E-state index contributed by atoms with van der Waals surface area (Å²) >= 11 is 0. The molecule has 78 valence electrons. The Hall–Kier alpha value is -1.84. The van der Waals surface area contributed by atoms with Crippen LogP contribution in [0.2, 0.25) is 0 Å². The molecule has 2 amide bonds. The molecule has 0 aromatic heterocycles. The van der Waals surface area contributed by atoms with Crippen molar-refractivity contribution in [3.05, 3.63) is 34.9 Å². The van der Waals surface area contributed by atoms with E-state index in [-0.39, 0.29) is 0 Å². The van der Waals surface area contributed by atoms with Crippen molar-refractivity contribution in [2.45, 2.75) is 19.3 Å². The topological polar surface area (TPSA) is 67.5 Å². The Morgan fingerprint density at radius 2 is 2.20 bits per heavy atom. The zero-order valence-corrected chi connectivity index (χ0v) is 8.36. The van der Waals surface area contributed by atoms with Gasteiger partial charge >= 0.3 is 6.03 Å². The molecule has 4 heteroatoms. The van der Waals surface area contributed by atoms with Gasteiger partial charge in [-0.05, 0) is 42.0 Å². The van der Waals surface area contributed by atoms with E-state index >= 15 is 0 Å². The first kappa shape index (κ1) is 9.71. The third kappa shape index (κ3) is 2.34. The van der Waals surface area contributed by atoms with Crippen LogP contribution in [-0.2, 0) is 12.8 Å². The molecular weight excluding hydrogens is 190 g/mol. The molecule has 1 aliphatic rings. The Bertz CT molecular complexity index is 412. The Labute approximate surface area is 88.2 Å². The van der Waals surface area contributed by atoms with Crippen molar-refractivity contribution in [2.75, 3.05) is 0 Å². The van der Waals surface area contributed by atoms with Crippen molar-refractivity contribution in [1.29, 1.82) is 0 Å². The number of benzene rings is 1. The maximum atomic E-state index is 10.4. The zero-order valence-electron chi connectivity index (χ0n) is 8.36. The van der Waals surface area contributed by atoms with Gasteiger partial charge in [0.2, 0.25) is 0 Å². The van der Waals surface area contributed by atoms with Gasteiger partial charge in [-0.25, -0.2) is 10.2 Å². The summed E-state index contributed by atoms with van der Waals surface area (Å²) < 4.78 is 0. The Morgan fingerprint density at radius 1 is 1.40 bits per heavy atom. The summed E-state index contributed by atoms with van der Waals surface area (Å²) in [5.74, 6) is 0. The first-order chi connectivity index (χ1) is 7.25. The average molecular weight is 203 g/mol. The molecule has 0 atom stereocenters. The molecule has 0 unspecified atom stereocenters. The van der Waals surface area contributed by atoms with Crippen LogP contribution in [0.5, 0.6) is 0 Å². The molecule has 0 heterocycles. The predicted molar refractivity (Wildman–Crippen MR) is 58.8 cm³/mol. The van der Waals surface area contributed by atoms with Gasteiger partial charge in [0.05, 0.1) is 6.21 Å². The van der Waals surface area contributed by atoms with E-state index in [1.807, 2.05) is 6.07 Å². The first-order valence-corrected chi connectivity index (χ1v) is 4.96. The molecule has 0 bridgehead atoms. The third-order valence-corrected chi connectivity index (χ3v) is 2.51. The van der Waals surface area contributed by atoms with Crippen LogP contribution in [-0.4, -0.2) is 12.2 Å². The van der Waals surface area contributed by atoms with Gasteiger partial charge in [-0.2, -0.15) is 5.10 Å². The predicted octanol–water partition coefficient (Wildman–Crippen LogP) is 1.18. The SMILES string of the molecule is NC(=O)NN=Cc1ccc2c(c1)CCC2. The molecule has 0 fully saturated rings. The van der Waals surface area contributed by atoms with E-state index in [9.17, 15) is 4.79 Å². The lowest BCUT2D eigenvalue weighted by molar-refractivity contribution is 0.249. The zero-order chi connectivity index (χ0) is 10.7. The van der Waals surface area contributed by atoms with Crippen molar-refractivity contribution in [2.24, 2.45) is 10.8 Å². The molecule has 4 nitrogen and oxygen atoms in total. The number of nitrogens with two attached hydrogens (primary N) is 1. The lowest BCUT2D eigenvalue weighted by Gasteiger charge is -1.99. The minimum atomic E-state index is -0.646. The molecule has 1 aromatic rings. The third-order valence-electron chi connectivity index (χ3n) is 2.51. The highest BCUT2D eigenvalue weighted by Gasteiger charge is 2.09. The minimum absolute atomic E-state index is 0.646. The fraction of sp³-hybridized carbons (Fsp3) is 0.273. The van der Waals surface area contributed by atoms with Gasteiger partial charge in [-0.1, -0.05) is 12.1 Å². The van der Waals surface area contributed by atoms with E-state index in [0.717, 1.165) is 12.0 Å². The molecular formula is C11H13N3O. The van der Waals surface area contributed by atoms with Crippen molar-refractivity contribution in [3.63, 3.8) is 0 Å². The molecule has 1 aromatic carbocycles. The highest BCUT2D eigenvalue weighted by molar-refractivity contribution is 5.81. The van der Waals surface area contributed by atoms with Crippen LogP contribution in [0, 0.1) is 0 Å². The van der Waals surface area contributed by atoms with E-state index in [2.05, 4.69) is 22.7 Å². The number of rotatable bonds is 2. The highest BCUT2D eigenvalue weighted by Crippen LogP contribution is 2.22. The van der Waals surface area contributed by atoms with Crippen LogP contribution in [0.1, 0.15) is 23.1 Å². The van der Waals surface area contributed by atoms with Crippen LogP contribution in [0.15, 0.2) is 23.3 Å². The lowest BCUT2D eigenvalue weighted by Crippen LogP contribution is -2.24. The number of hydrogen-bond donors (Lipinski definition) is 2. The van der Waals surface area contributed by atoms with Crippen molar-refractivity contribution >= 4 is 12.2 Å². The smallest absolute Gasteiger partial charge is 0.332 e. The summed E-state index contributed by atoms with van der Waals surface area (Å²) in [4.78, 5) is 10.4. The number of nitrogens with zero attached hydrogens (tertiary/aromatic N) is 1. The monoisotopic (exact) mass is 203 g/mol. The Balaban J connectivity index is 2.10. The number of primary amides is 1. The second kappa shape index (κ2) is 4.13. The summed E-state index contributed by atoms with van der Waals surface area (Å²) in [6.07, 6.45) is 5.14. The van der Waals surface area contributed by atoms with E-state index < -0.39 is 6.03 Å². The van der Waals surface area contributed by atoms with Gasteiger partial charge in [0.1, 0.15) is 0 Å². The number of hydrogen-bond acceptors (Lipinski definition) is 2. The molecule has 0 radical (unpaired) electrons. The number of nitrogens with one attached hydrogen (secondary N) is 1. The second-order valence-electron chi connectivity index (χ2n) is 3.62. The van der Waals surface area contributed by atoms with Crippen molar-refractivity contribution in [3.8, 4) is 0 Å². The fourth-order valence-electron chi connectivity index (χ4n) is 1.84. The number of aryl methyl sites for hydroxylation is 2. The minimum Gasteiger partial charge on any atom is -0.350 e. The van der Waals surface area contributed by atoms with Gasteiger partial charge in [0, 0.05) is 0 Å².